The number of amides is 1. The molecule has 0 radical (unpaired) electrons. The van der Waals surface area contributed by atoms with Gasteiger partial charge in [0.25, 0.3) is 0 Å². The summed E-state index contributed by atoms with van der Waals surface area (Å²) in [5.74, 6) is 1.14. The van der Waals surface area contributed by atoms with Crippen LogP contribution in [-0.2, 0) is 4.79 Å². The van der Waals surface area contributed by atoms with Crippen molar-refractivity contribution in [1.29, 1.82) is 0 Å². The molecule has 1 N–H and O–H groups in total. The Balaban J connectivity index is 2.07. The van der Waals surface area contributed by atoms with E-state index in [1.807, 2.05) is 30.1 Å². The van der Waals surface area contributed by atoms with Crippen molar-refractivity contribution in [2.45, 2.75) is 38.1 Å². The average molecular weight is 290 g/mol. The van der Waals surface area contributed by atoms with Gasteiger partial charge in [0.2, 0.25) is 5.91 Å². The van der Waals surface area contributed by atoms with Crippen LogP contribution in [-0.4, -0.2) is 38.1 Å². The number of hydrogen-bond donors (Lipinski definition) is 1. The van der Waals surface area contributed by atoms with E-state index in [9.17, 15) is 4.79 Å². The number of hydrogen-bond acceptors (Lipinski definition) is 3. The van der Waals surface area contributed by atoms with E-state index in [1.165, 1.54) is 12.8 Å². The van der Waals surface area contributed by atoms with Crippen LogP contribution >= 0.6 is 0 Å². The van der Waals surface area contributed by atoms with E-state index in [-0.39, 0.29) is 11.9 Å². The van der Waals surface area contributed by atoms with Crippen LogP contribution in [0, 0.1) is 0 Å². The number of nitrogens with one attached hydrogen (secondary N) is 1. The minimum Gasteiger partial charge on any atom is -0.497 e. The van der Waals surface area contributed by atoms with Gasteiger partial charge < -0.3 is 15.0 Å². The second-order valence-corrected chi connectivity index (χ2v) is 5.62. The predicted octanol–water partition coefficient (Wildman–Crippen LogP) is 2.75. The fraction of sp³-hybridized carbons (Fsp3) is 0.588. The molecule has 1 aromatic rings. The molecule has 0 bridgehead atoms. The molecule has 1 aliphatic rings. The first-order valence-corrected chi connectivity index (χ1v) is 7.83. The lowest BCUT2D eigenvalue weighted by atomic mass is 10.0. The zero-order valence-electron chi connectivity index (χ0n) is 13.1. The maximum absolute atomic E-state index is 12.2. The zero-order chi connectivity index (χ0) is 15.1. The molecule has 0 aromatic heterocycles. The van der Waals surface area contributed by atoms with E-state index in [0.29, 0.717) is 6.42 Å². The van der Waals surface area contributed by atoms with Crippen molar-refractivity contribution in [3.63, 3.8) is 0 Å². The number of carbonyl (C=O) groups is 1. The van der Waals surface area contributed by atoms with Crippen LogP contribution in [0.1, 0.15) is 43.7 Å². The Labute approximate surface area is 127 Å². The quantitative estimate of drug-likeness (QED) is 0.906. The Kier molecular flexibility index (Phi) is 6.05. The number of methoxy groups -OCH3 is 1. The van der Waals surface area contributed by atoms with Gasteiger partial charge in [0.15, 0.2) is 0 Å². The molecule has 116 valence electrons. The van der Waals surface area contributed by atoms with Gasteiger partial charge in [-0.3, -0.25) is 4.79 Å². The molecule has 1 heterocycles. The van der Waals surface area contributed by atoms with Gasteiger partial charge >= 0.3 is 0 Å². The summed E-state index contributed by atoms with van der Waals surface area (Å²) in [7, 11) is 3.62. The van der Waals surface area contributed by atoms with Crippen LogP contribution in [0.3, 0.4) is 0 Å². The van der Waals surface area contributed by atoms with E-state index in [2.05, 4.69) is 11.4 Å². The highest BCUT2D eigenvalue weighted by atomic mass is 16.5. The largest absolute Gasteiger partial charge is 0.497 e. The number of nitrogens with zero attached hydrogens (tertiary/aromatic N) is 1. The fourth-order valence-electron chi connectivity index (χ4n) is 2.85. The molecule has 1 unspecified atom stereocenters. The lowest BCUT2D eigenvalue weighted by molar-refractivity contribution is -0.132. The van der Waals surface area contributed by atoms with Crippen molar-refractivity contribution in [3.05, 3.63) is 29.8 Å². The highest BCUT2D eigenvalue weighted by Gasteiger charge is 2.20. The van der Waals surface area contributed by atoms with Gasteiger partial charge in [-0.1, -0.05) is 25.0 Å². The Morgan fingerprint density at radius 2 is 2.10 bits per heavy atom. The molecule has 4 nitrogen and oxygen atoms in total. The van der Waals surface area contributed by atoms with Gasteiger partial charge in [-0.15, -0.1) is 0 Å². The number of likely N-dealkylation sites (N-methyl/N-ethyl adjacent to an activating group) is 1. The van der Waals surface area contributed by atoms with Crippen LogP contribution in [0.25, 0.3) is 0 Å². The third kappa shape index (κ3) is 4.46. The normalized spacial score (nSPS) is 18.0. The Bertz CT molecular complexity index is 462. The van der Waals surface area contributed by atoms with Gasteiger partial charge in [0, 0.05) is 25.6 Å². The summed E-state index contributed by atoms with van der Waals surface area (Å²) in [6.07, 6.45) is 5.24. The molecule has 4 heteroatoms. The standard InChI is InChI=1S/C17H26N2O2/c1-18-16(14-8-7-9-15(12-14)21-2)13-19-11-6-4-3-5-10-17(19)20/h7-9,12,16,18H,3-6,10-11,13H2,1-2H3. The molecule has 21 heavy (non-hydrogen) atoms. The summed E-state index contributed by atoms with van der Waals surface area (Å²) in [5, 5.41) is 3.32. The van der Waals surface area contributed by atoms with E-state index in [0.717, 1.165) is 37.2 Å². The predicted molar refractivity (Wildman–Crippen MR) is 84.5 cm³/mol. The summed E-state index contributed by atoms with van der Waals surface area (Å²) < 4.78 is 5.29. The van der Waals surface area contributed by atoms with Gasteiger partial charge in [0.05, 0.1) is 7.11 Å². The van der Waals surface area contributed by atoms with E-state index in [4.69, 9.17) is 4.74 Å². The van der Waals surface area contributed by atoms with Crippen molar-refractivity contribution in [2.24, 2.45) is 0 Å². The SMILES string of the molecule is CNC(CN1CCCCCCC1=O)c1cccc(OC)c1. The zero-order valence-corrected chi connectivity index (χ0v) is 13.1. The lowest BCUT2D eigenvalue weighted by Gasteiger charge is -2.29. The highest BCUT2D eigenvalue weighted by Crippen LogP contribution is 2.21. The van der Waals surface area contributed by atoms with Crippen LogP contribution in [0.2, 0.25) is 0 Å². The summed E-state index contributed by atoms with van der Waals surface area (Å²) in [4.78, 5) is 14.3. The molecular formula is C17H26N2O2. The van der Waals surface area contributed by atoms with Crippen LogP contribution in [0.5, 0.6) is 5.75 Å². The maximum atomic E-state index is 12.2. The Morgan fingerprint density at radius 3 is 2.86 bits per heavy atom. The van der Waals surface area contributed by atoms with Crippen molar-refractivity contribution in [2.75, 3.05) is 27.2 Å². The second-order valence-electron chi connectivity index (χ2n) is 5.62. The summed E-state index contributed by atoms with van der Waals surface area (Å²) in [5.41, 5.74) is 1.16. The molecule has 2 rings (SSSR count). The van der Waals surface area contributed by atoms with Gasteiger partial charge in [0.1, 0.15) is 5.75 Å². The number of carbonyl (C=O) groups excluding carboxylic acids is 1. The first-order chi connectivity index (χ1) is 10.2. The van der Waals surface area contributed by atoms with Gasteiger partial charge in [-0.2, -0.15) is 0 Å². The average Bonchev–Trinajstić information content (AvgIpc) is 2.51. The Morgan fingerprint density at radius 1 is 1.29 bits per heavy atom. The van der Waals surface area contributed by atoms with Crippen LogP contribution in [0.15, 0.2) is 24.3 Å². The third-order valence-corrected chi connectivity index (χ3v) is 4.17. The molecule has 1 amide bonds. The molecule has 0 saturated carbocycles. The molecule has 1 atom stereocenters. The monoisotopic (exact) mass is 290 g/mol. The topological polar surface area (TPSA) is 41.6 Å². The minimum atomic E-state index is 0.142. The van der Waals surface area contributed by atoms with Crippen molar-refractivity contribution in [1.82, 2.24) is 10.2 Å². The smallest absolute Gasteiger partial charge is 0.222 e. The maximum Gasteiger partial charge on any atom is 0.222 e. The summed E-state index contributed by atoms with van der Waals surface area (Å²) in [6.45, 7) is 1.60. The number of rotatable bonds is 5. The number of benzene rings is 1. The molecule has 0 spiro atoms. The second kappa shape index (κ2) is 8.03. The summed E-state index contributed by atoms with van der Waals surface area (Å²) >= 11 is 0. The van der Waals surface area contributed by atoms with Crippen molar-refractivity contribution >= 4 is 5.91 Å². The first kappa shape index (κ1) is 15.8. The minimum absolute atomic E-state index is 0.142. The molecular weight excluding hydrogens is 264 g/mol. The molecule has 1 saturated heterocycles. The first-order valence-electron chi connectivity index (χ1n) is 7.83. The number of ether oxygens (including phenoxy) is 1. The molecule has 1 aliphatic heterocycles. The van der Waals surface area contributed by atoms with Crippen LogP contribution in [0.4, 0.5) is 0 Å². The van der Waals surface area contributed by atoms with Gasteiger partial charge in [-0.25, -0.2) is 0 Å². The Hall–Kier alpha value is -1.55. The lowest BCUT2D eigenvalue weighted by Crippen LogP contribution is -2.39. The van der Waals surface area contributed by atoms with Gasteiger partial charge in [-0.05, 0) is 37.6 Å². The highest BCUT2D eigenvalue weighted by molar-refractivity contribution is 5.76. The summed E-state index contributed by atoms with van der Waals surface area (Å²) in [6, 6.07) is 8.20. The van der Waals surface area contributed by atoms with E-state index < -0.39 is 0 Å². The van der Waals surface area contributed by atoms with Crippen molar-refractivity contribution in [3.8, 4) is 5.75 Å². The van der Waals surface area contributed by atoms with E-state index >= 15 is 0 Å². The molecule has 0 aliphatic carbocycles. The van der Waals surface area contributed by atoms with Crippen LogP contribution < -0.4 is 10.1 Å². The molecule has 1 aromatic carbocycles. The fourth-order valence-corrected chi connectivity index (χ4v) is 2.85. The number of likely N-dealkylation sites (tertiary alicyclic amines) is 1. The third-order valence-electron chi connectivity index (χ3n) is 4.17. The molecule has 1 fully saturated rings. The van der Waals surface area contributed by atoms with E-state index in [1.54, 1.807) is 7.11 Å². The van der Waals surface area contributed by atoms with Crippen molar-refractivity contribution < 1.29 is 9.53 Å².